The molecule has 0 aliphatic carbocycles. The molecule has 0 aromatic heterocycles. The van der Waals surface area contributed by atoms with Crippen molar-refractivity contribution in [1.29, 1.82) is 0 Å². The van der Waals surface area contributed by atoms with Crippen LogP contribution in [-0.4, -0.2) is 8.42 Å². The molecule has 0 fully saturated rings. The Morgan fingerprint density at radius 3 is 2.60 bits per heavy atom. The number of hydrogen-bond donors (Lipinski definition) is 2. The Balaban J connectivity index is 2.19. The van der Waals surface area contributed by atoms with Crippen LogP contribution in [0.2, 0.25) is 0 Å². The third-order valence-electron chi connectivity index (χ3n) is 2.75. The molecular weight excluding hydrogens is 279 g/mol. The molecule has 2 aromatic carbocycles. The van der Waals surface area contributed by atoms with E-state index >= 15 is 0 Å². The summed E-state index contributed by atoms with van der Waals surface area (Å²) >= 11 is 0. The fourth-order valence-electron chi connectivity index (χ4n) is 1.82. The normalized spacial score (nSPS) is 11.5. The Bertz CT molecular complexity index is 709. The van der Waals surface area contributed by atoms with Crippen LogP contribution in [0, 0.1) is 12.7 Å². The Hall–Kier alpha value is -1.92. The Morgan fingerprint density at radius 2 is 1.95 bits per heavy atom. The average Bonchev–Trinajstić information content (AvgIpc) is 2.35. The van der Waals surface area contributed by atoms with Gasteiger partial charge < -0.3 is 5.73 Å². The highest BCUT2D eigenvalue weighted by atomic mass is 32.2. The van der Waals surface area contributed by atoms with Crippen LogP contribution in [0.1, 0.15) is 11.1 Å². The third-order valence-corrected chi connectivity index (χ3v) is 4.13. The molecule has 0 aliphatic heterocycles. The number of sulfonamides is 1. The second kappa shape index (κ2) is 5.60. The van der Waals surface area contributed by atoms with Crippen molar-refractivity contribution in [2.75, 3.05) is 5.73 Å². The van der Waals surface area contributed by atoms with Crippen molar-refractivity contribution in [2.24, 2.45) is 0 Å². The first-order chi connectivity index (χ1) is 9.37. The van der Waals surface area contributed by atoms with Crippen LogP contribution in [0.15, 0.2) is 47.4 Å². The van der Waals surface area contributed by atoms with E-state index < -0.39 is 15.8 Å². The molecule has 6 heteroatoms. The summed E-state index contributed by atoms with van der Waals surface area (Å²) in [5, 5.41) is 0. The molecule has 0 aliphatic rings. The van der Waals surface area contributed by atoms with Gasteiger partial charge in [0.25, 0.3) is 0 Å². The van der Waals surface area contributed by atoms with Gasteiger partial charge >= 0.3 is 0 Å². The molecular formula is C14H15FN2O2S. The predicted molar refractivity (Wildman–Crippen MR) is 76.0 cm³/mol. The Labute approximate surface area is 117 Å². The van der Waals surface area contributed by atoms with Gasteiger partial charge in [-0.3, -0.25) is 0 Å². The summed E-state index contributed by atoms with van der Waals surface area (Å²) in [4.78, 5) is -0.178. The van der Waals surface area contributed by atoms with Gasteiger partial charge in [-0.2, -0.15) is 0 Å². The molecule has 0 amide bonds. The van der Waals surface area contributed by atoms with E-state index in [2.05, 4.69) is 4.72 Å². The van der Waals surface area contributed by atoms with Crippen LogP contribution >= 0.6 is 0 Å². The molecule has 0 spiro atoms. The van der Waals surface area contributed by atoms with E-state index in [1.165, 1.54) is 6.07 Å². The summed E-state index contributed by atoms with van der Waals surface area (Å²) in [7, 11) is -3.79. The summed E-state index contributed by atoms with van der Waals surface area (Å²) in [6.45, 7) is 2.06. The fraction of sp³-hybridized carbons (Fsp3) is 0.143. The maximum atomic E-state index is 13.2. The lowest BCUT2D eigenvalue weighted by Gasteiger charge is -2.08. The van der Waals surface area contributed by atoms with Gasteiger partial charge in [-0.05, 0) is 30.7 Å². The van der Waals surface area contributed by atoms with Crippen molar-refractivity contribution in [3.05, 3.63) is 59.4 Å². The van der Waals surface area contributed by atoms with Crippen LogP contribution < -0.4 is 10.5 Å². The van der Waals surface area contributed by atoms with Gasteiger partial charge in [0.2, 0.25) is 10.0 Å². The summed E-state index contributed by atoms with van der Waals surface area (Å²) in [6.07, 6.45) is 0. The molecule has 4 nitrogen and oxygen atoms in total. The lowest BCUT2D eigenvalue weighted by Crippen LogP contribution is -2.23. The Morgan fingerprint density at radius 1 is 1.20 bits per heavy atom. The number of nitrogens with one attached hydrogen (secondary N) is 1. The number of anilines is 1. The molecule has 0 saturated heterocycles. The van der Waals surface area contributed by atoms with Crippen LogP contribution in [0.3, 0.4) is 0 Å². The summed E-state index contributed by atoms with van der Waals surface area (Å²) in [5.41, 5.74) is 7.39. The van der Waals surface area contributed by atoms with Crippen molar-refractivity contribution in [3.63, 3.8) is 0 Å². The third kappa shape index (κ3) is 3.55. The van der Waals surface area contributed by atoms with Crippen molar-refractivity contribution < 1.29 is 12.8 Å². The first-order valence-electron chi connectivity index (χ1n) is 5.98. The van der Waals surface area contributed by atoms with Crippen molar-refractivity contribution in [3.8, 4) is 0 Å². The van der Waals surface area contributed by atoms with E-state index in [-0.39, 0.29) is 17.1 Å². The molecule has 0 bridgehead atoms. The SMILES string of the molecule is Cc1cccc(CNS(=O)(=O)c2cc(N)cc(F)c2)c1. The summed E-state index contributed by atoms with van der Waals surface area (Å²) < 4.78 is 39.7. The second-order valence-corrected chi connectivity index (χ2v) is 6.30. The largest absolute Gasteiger partial charge is 0.399 e. The second-order valence-electron chi connectivity index (χ2n) is 4.53. The zero-order valence-corrected chi connectivity index (χ0v) is 11.7. The zero-order chi connectivity index (χ0) is 14.8. The number of nitrogens with two attached hydrogens (primary N) is 1. The number of aryl methyl sites for hydroxylation is 1. The van der Waals surface area contributed by atoms with Gasteiger partial charge in [0.1, 0.15) is 5.82 Å². The van der Waals surface area contributed by atoms with Gasteiger partial charge in [0, 0.05) is 12.2 Å². The molecule has 0 heterocycles. The summed E-state index contributed by atoms with van der Waals surface area (Å²) in [5.74, 6) is -0.680. The topological polar surface area (TPSA) is 72.2 Å². The van der Waals surface area contributed by atoms with Crippen molar-refractivity contribution in [2.45, 2.75) is 18.4 Å². The molecule has 106 valence electrons. The lowest BCUT2D eigenvalue weighted by molar-refractivity contribution is 0.577. The predicted octanol–water partition coefficient (Wildman–Crippen LogP) is 2.19. The maximum absolute atomic E-state index is 13.2. The van der Waals surface area contributed by atoms with Gasteiger partial charge in [-0.1, -0.05) is 29.8 Å². The summed E-state index contributed by atoms with van der Waals surface area (Å²) in [6, 6.07) is 10.7. The molecule has 0 unspecified atom stereocenters. The standard InChI is InChI=1S/C14H15FN2O2S/c1-10-3-2-4-11(5-10)9-17-20(18,19)14-7-12(15)6-13(16)8-14/h2-8,17H,9,16H2,1H3. The van der Waals surface area contributed by atoms with Gasteiger partial charge in [0.15, 0.2) is 0 Å². The first kappa shape index (κ1) is 14.5. The van der Waals surface area contributed by atoms with Crippen molar-refractivity contribution in [1.82, 2.24) is 4.72 Å². The van der Waals surface area contributed by atoms with E-state index in [1.54, 1.807) is 0 Å². The number of rotatable bonds is 4. The fourth-order valence-corrected chi connectivity index (χ4v) is 2.91. The molecule has 2 aromatic rings. The van der Waals surface area contributed by atoms with Crippen LogP contribution in [-0.2, 0) is 16.6 Å². The maximum Gasteiger partial charge on any atom is 0.241 e. The van der Waals surface area contributed by atoms with E-state index in [1.807, 2.05) is 31.2 Å². The zero-order valence-electron chi connectivity index (χ0n) is 10.9. The van der Waals surface area contributed by atoms with Crippen LogP contribution in [0.25, 0.3) is 0 Å². The molecule has 0 saturated carbocycles. The highest BCUT2D eigenvalue weighted by Crippen LogP contribution is 2.16. The quantitative estimate of drug-likeness (QED) is 0.849. The molecule has 20 heavy (non-hydrogen) atoms. The van der Waals surface area contributed by atoms with E-state index in [9.17, 15) is 12.8 Å². The van der Waals surface area contributed by atoms with E-state index in [4.69, 9.17) is 5.73 Å². The van der Waals surface area contributed by atoms with Crippen LogP contribution in [0.5, 0.6) is 0 Å². The smallest absolute Gasteiger partial charge is 0.241 e. The number of nitrogen functional groups attached to an aromatic ring is 1. The minimum absolute atomic E-state index is 0.0703. The monoisotopic (exact) mass is 294 g/mol. The van der Waals surface area contributed by atoms with Crippen molar-refractivity contribution >= 4 is 15.7 Å². The minimum Gasteiger partial charge on any atom is -0.399 e. The van der Waals surface area contributed by atoms with Gasteiger partial charge in [-0.25, -0.2) is 17.5 Å². The van der Waals surface area contributed by atoms with Crippen LogP contribution in [0.4, 0.5) is 10.1 Å². The highest BCUT2D eigenvalue weighted by Gasteiger charge is 2.15. The molecule has 3 N–H and O–H groups in total. The van der Waals surface area contributed by atoms with Gasteiger partial charge in [0.05, 0.1) is 4.90 Å². The van der Waals surface area contributed by atoms with E-state index in [0.717, 1.165) is 23.3 Å². The first-order valence-corrected chi connectivity index (χ1v) is 7.46. The average molecular weight is 294 g/mol. The number of benzene rings is 2. The van der Waals surface area contributed by atoms with E-state index in [0.29, 0.717) is 0 Å². The highest BCUT2D eigenvalue weighted by molar-refractivity contribution is 7.89. The minimum atomic E-state index is -3.79. The van der Waals surface area contributed by atoms with Gasteiger partial charge in [-0.15, -0.1) is 0 Å². The Kier molecular flexibility index (Phi) is 4.06. The molecule has 0 radical (unpaired) electrons. The molecule has 0 atom stereocenters. The number of hydrogen-bond acceptors (Lipinski definition) is 3. The molecule has 2 rings (SSSR count). The number of halogens is 1. The lowest BCUT2D eigenvalue weighted by atomic mass is 10.1.